The van der Waals surface area contributed by atoms with Gasteiger partial charge in [-0.2, -0.15) is 0 Å². The molecule has 0 unspecified atom stereocenters. The topological polar surface area (TPSA) is 33.2 Å². The molecule has 0 aliphatic carbocycles. The van der Waals surface area contributed by atoms with Crippen LogP contribution >= 0.6 is 27.3 Å². The Labute approximate surface area is 183 Å². The molecule has 0 fully saturated rings. The molecule has 0 atom stereocenters. The lowest BCUT2D eigenvalue weighted by Crippen LogP contribution is -2.30. The number of hydrogen-bond donors (Lipinski definition) is 0. The highest BCUT2D eigenvalue weighted by Gasteiger charge is 2.23. The highest BCUT2D eigenvalue weighted by atomic mass is 79.9. The summed E-state index contributed by atoms with van der Waals surface area (Å²) in [7, 11) is 0. The van der Waals surface area contributed by atoms with Crippen LogP contribution in [-0.4, -0.2) is 10.9 Å². The van der Waals surface area contributed by atoms with E-state index in [2.05, 4.69) is 48.0 Å². The fourth-order valence-corrected chi connectivity index (χ4v) is 4.71. The smallest absolute Gasteiger partial charge is 0.260 e. The van der Waals surface area contributed by atoms with Gasteiger partial charge in [0.25, 0.3) is 5.91 Å². The SMILES string of the molecule is CC(C)c1cccc2sc(N(Cc3ccccc3)C(=O)c3cccc(Br)c3)nc12. The first kappa shape index (κ1) is 19.8. The number of fused-ring (bicyclic) bond motifs is 1. The van der Waals surface area contributed by atoms with Gasteiger partial charge in [-0.25, -0.2) is 4.98 Å². The zero-order valence-corrected chi connectivity index (χ0v) is 18.7. The Balaban J connectivity index is 1.81. The lowest BCUT2D eigenvalue weighted by atomic mass is 10.0. The van der Waals surface area contributed by atoms with E-state index in [9.17, 15) is 4.79 Å². The van der Waals surface area contributed by atoms with Crippen LogP contribution in [0.1, 0.15) is 41.3 Å². The molecule has 0 radical (unpaired) electrons. The summed E-state index contributed by atoms with van der Waals surface area (Å²) in [6.45, 7) is 4.81. The van der Waals surface area contributed by atoms with Gasteiger partial charge in [-0.3, -0.25) is 9.69 Å². The number of halogens is 1. The van der Waals surface area contributed by atoms with E-state index in [1.165, 1.54) is 5.56 Å². The number of carbonyl (C=O) groups is 1. The molecule has 4 rings (SSSR count). The second-order valence-electron chi connectivity index (χ2n) is 7.23. The third-order valence-corrected chi connectivity index (χ3v) is 6.33. The molecule has 1 heterocycles. The first-order valence-electron chi connectivity index (χ1n) is 9.54. The Morgan fingerprint density at radius 2 is 1.79 bits per heavy atom. The normalized spacial score (nSPS) is 11.2. The Bertz CT molecular complexity index is 1150. The molecule has 0 bridgehead atoms. The molecule has 0 aliphatic rings. The molecule has 0 saturated carbocycles. The second-order valence-corrected chi connectivity index (χ2v) is 9.16. The number of anilines is 1. The van der Waals surface area contributed by atoms with Crippen molar-refractivity contribution in [3.05, 3.63) is 94.0 Å². The van der Waals surface area contributed by atoms with E-state index < -0.39 is 0 Å². The quantitative estimate of drug-likeness (QED) is 0.317. The van der Waals surface area contributed by atoms with E-state index in [0.29, 0.717) is 18.0 Å². The fraction of sp³-hybridized carbons (Fsp3) is 0.167. The summed E-state index contributed by atoms with van der Waals surface area (Å²) in [4.78, 5) is 20.2. The van der Waals surface area contributed by atoms with Crippen LogP contribution in [0.4, 0.5) is 5.13 Å². The molecule has 1 amide bonds. The van der Waals surface area contributed by atoms with Crippen molar-refractivity contribution in [2.75, 3.05) is 4.90 Å². The van der Waals surface area contributed by atoms with E-state index >= 15 is 0 Å². The molecular formula is C24H21BrN2OS. The van der Waals surface area contributed by atoms with Crippen LogP contribution in [0.2, 0.25) is 0 Å². The van der Waals surface area contributed by atoms with Crippen molar-refractivity contribution in [1.82, 2.24) is 4.98 Å². The first-order valence-corrected chi connectivity index (χ1v) is 11.1. The van der Waals surface area contributed by atoms with Crippen LogP contribution in [0.5, 0.6) is 0 Å². The molecule has 0 aliphatic heterocycles. The van der Waals surface area contributed by atoms with Crippen molar-refractivity contribution < 1.29 is 4.79 Å². The van der Waals surface area contributed by atoms with Gasteiger partial charge in [0.05, 0.1) is 16.8 Å². The number of para-hydroxylation sites is 1. The van der Waals surface area contributed by atoms with Gasteiger partial charge in [0.2, 0.25) is 0 Å². The van der Waals surface area contributed by atoms with Crippen LogP contribution in [0.15, 0.2) is 77.3 Å². The average molecular weight is 465 g/mol. The molecule has 1 aromatic heterocycles. The number of carbonyl (C=O) groups excluding carboxylic acids is 1. The summed E-state index contributed by atoms with van der Waals surface area (Å²) in [6.07, 6.45) is 0. The van der Waals surface area contributed by atoms with Crippen molar-refractivity contribution in [3.63, 3.8) is 0 Å². The van der Waals surface area contributed by atoms with Crippen molar-refractivity contribution in [1.29, 1.82) is 0 Å². The molecule has 4 aromatic rings. The standard InChI is InChI=1S/C24H21BrN2OS/c1-16(2)20-12-7-13-21-22(20)26-24(29-21)27(15-17-8-4-3-5-9-17)23(28)18-10-6-11-19(25)14-18/h3-14,16H,15H2,1-2H3. The largest absolute Gasteiger partial charge is 0.279 e. The number of benzene rings is 3. The third-order valence-electron chi connectivity index (χ3n) is 4.79. The molecule has 0 spiro atoms. The van der Waals surface area contributed by atoms with E-state index in [-0.39, 0.29) is 5.91 Å². The molecule has 5 heteroatoms. The lowest BCUT2D eigenvalue weighted by molar-refractivity contribution is 0.0985. The van der Waals surface area contributed by atoms with Crippen LogP contribution < -0.4 is 4.90 Å². The number of rotatable bonds is 5. The molecule has 0 saturated heterocycles. The minimum absolute atomic E-state index is 0.0553. The predicted molar refractivity (Wildman–Crippen MR) is 125 cm³/mol. The Kier molecular flexibility index (Phi) is 5.79. The zero-order chi connectivity index (χ0) is 20.4. The predicted octanol–water partition coefficient (Wildman–Crippen LogP) is 7.03. The van der Waals surface area contributed by atoms with Gasteiger partial charge in [0.15, 0.2) is 5.13 Å². The van der Waals surface area contributed by atoms with Gasteiger partial charge >= 0.3 is 0 Å². The molecule has 0 N–H and O–H groups in total. The van der Waals surface area contributed by atoms with Crippen molar-refractivity contribution >= 4 is 48.5 Å². The minimum atomic E-state index is -0.0553. The van der Waals surface area contributed by atoms with Crippen molar-refractivity contribution in [2.24, 2.45) is 0 Å². The van der Waals surface area contributed by atoms with Gasteiger partial charge in [-0.15, -0.1) is 0 Å². The summed E-state index contributed by atoms with van der Waals surface area (Å²) >= 11 is 5.04. The highest BCUT2D eigenvalue weighted by molar-refractivity contribution is 9.10. The van der Waals surface area contributed by atoms with Crippen molar-refractivity contribution in [2.45, 2.75) is 26.3 Å². The summed E-state index contributed by atoms with van der Waals surface area (Å²) in [5, 5.41) is 0.724. The van der Waals surface area contributed by atoms with E-state index in [1.807, 2.05) is 54.6 Å². The molecule has 146 valence electrons. The van der Waals surface area contributed by atoms with Crippen LogP contribution in [0.25, 0.3) is 10.2 Å². The van der Waals surface area contributed by atoms with E-state index in [4.69, 9.17) is 4.98 Å². The maximum Gasteiger partial charge on any atom is 0.260 e. The number of aromatic nitrogens is 1. The molecular weight excluding hydrogens is 444 g/mol. The van der Waals surface area contributed by atoms with E-state index in [1.54, 1.807) is 16.2 Å². The molecule has 29 heavy (non-hydrogen) atoms. The second kappa shape index (κ2) is 8.47. The van der Waals surface area contributed by atoms with E-state index in [0.717, 1.165) is 25.4 Å². The summed E-state index contributed by atoms with van der Waals surface area (Å²) in [5.74, 6) is 0.317. The van der Waals surface area contributed by atoms with Gasteiger partial charge in [0.1, 0.15) is 0 Å². The maximum absolute atomic E-state index is 13.5. The summed E-state index contributed by atoms with van der Waals surface area (Å²) in [5.41, 5.74) is 3.90. The third kappa shape index (κ3) is 4.26. The Hall–Kier alpha value is -2.50. The number of amides is 1. The van der Waals surface area contributed by atoms with Gasteiger partial charge in [-0.1, -0.05) is 89.6 Å². The molecule has 3 nitrogen and oxygen atoms in total. The van der Waals surface area contributed by atoms with Crippen molar-refractivity contribution in [3.8, 4) is 0 Å². The first-order chi connectivity index (χ1) is 14.0. The maximum atomic E-state index is 13.5. The van der Waals surface area contributed by atoms with Gasteiger partial charge in [0, 0.05) is 10.0 Å². The minimum Gasteiger partial charge on any atom is -0.279 e. The van der Waals surface area contributed by atoms with Crippen LogP contribution in [0, 0.1) is 0 Å². The monoisotopic (exact) mass is 464 g/mol. The Morgan fingerprint density at radius 1 is 1.03 bits per heavy atom. The average Bonchev–Trinajstić information content (AvgIpc) is 3.16. The molecule has 3 aromatic carbocycles. The van der Waals surface area contributed by atoms with Crippen LogP contribution in [0.3, 0.4) is 0 Å². The number of thiazole rings is 1. The van der Waals surface area contributed by atoms with Crippen LogP contribution in [-0.2, 0) is 6.54 Å². The lowest BCUT2D eigenvalue weighted by Gasteiger charge is -2.20. The zero-order valence-electron chi connectivity index (χ0n) is 16.3. The highest BCUT2D eigenvalue weighted by Crippen LogP contribution is 2.34. The van der Waals surface area contributed by atoms with Gasteiger partial charge < -0.3 is 0 Å². The summed E-state index contributed by atoms with van der Waals surface area (Å²) in [6, 6.07) is 23.8. The number of nitrogens with zero attached hydrogens (tertiary/aromatic N) is 2. The Morgan fingerprint density at radius 3 is 2.52 bits per heavy atom. The summed E-state index contributed by atoms with van der Waals surface area (Å²) < 4.78 is 1.99. The number of hydrogen-bond acceptors (Lipinski definition) is 3. The fourth-order valence-electron chi connectivity index (χ4n) is 3.31. The van der Waals surface area contributed by atoms with Gasteiger partial charge in [-0.05, 0) is 41.3 Å².